The maximum Gasteiger partial charge on any atom is 0.0923 e. The first-order valence-electron chi connectivity index (χ1n) is 5.78. The van der Waals surface area contributed by atoms with Gasteiger partial charge in [0.15, 0.2) is 0 Å². The molecule has 3 nitrogen and oxygen atoms in total. The molecule has 3 N–H and O–H groups in total. The summed E-state index contributed by atoms with van der Waals surface area (Å²) in [5.41, 5.74) is 5.07. The molecule has 2 rings (SSSR count). The number of hydrogen-bond acceptors (Lipinski definition) is 3. The Balaban J connectivity index is 1.86. The Hall–Kier alpha value is -0.120. The van der Waals surface area contributed by atoms with Crippen LogP contribution in [0.25, 0.3) is 0 Å². The summed E-state index contributed by atoms with van der Waals surface area (Å²) in [7, 11) is 2.12. The van der Waals surface area contributed by atoms with Gasteiger partial charge in [-0.1, -0.05) is 6.42 Å². The van der Waals surface area contributed by atoms with E-state index >= 15 is 0 Å². The molecule has 0 heterocycles. The van der Waals surface area contributed by atoms with Crippen molar-refractivity contribution in [1.29, 1.82) is 0 Å². The number of aliphatic hydroxyl groups is 1. The largest absolute Gasteiger partial charge is 0.387 e. The molecule has 1 atom stereocenters. The van der Waals surface area contributed by atoms with Crippen molar-refractivity contribution >= 4 is 0 Å². The lowest BCUT2D eigenvalue weighted by Crippen LogP contribution is -2.52. The molecule has 1 unspecified atom stereocenters. The number of hydrogen-bond donors (Lipinski definition) is 2. The molecule has 2 aliphatic carbocycles. The first-order valence-corrected chi connectivity index (χ1v) is 5.78. The van der Waals surface area contributed by atoms with Crippen LogP contribution in [0, 0.1) is 5.92 Å². The highest BCUT2D eigenvalue weighted by atomic mass is 16.3. The van der Waals surface area contributed by atoms with Crippen LogP contribution in [0.15, 0.2) is 0 Å². The van der Waals surface area contributed by atoms with Crippen LogP contribution in [0.4, 0.5) is 0 Å². The highest BCUT2D eigenvalue weighted by Crippen LogP contribution is 2.40. The Morgan fingerprint density at radius 1 is 1.36 bits per heavy atom. The number of nitrogens with zero attached hydrogens (tertiary/aromatic N) is 1. The van der Waals surface area contributed by atoms with Crippen LogP contribution in [-0.2, 0) is 0 Å². The molecule has 82 valence electrons. The van der Waals surface area contributed by atoms with E-state index in [0.29, 0.717) is 18.5 Å². The van der Waals surface area contributed by atoms with Gasteiger partial charge in [0.1, 0.15) is 0 Å². The smallest absolute Gasteiger partial charge is 0.0923 e. The summed E-state index contributed by atoms with van der Waals surface area (Å²) in [5.74, 6) is 0.468. The van der Waals surface area contributed by atoms with E-state index in [0.717, 1.165) is 19.4 Å². The summed E-state index contributed by atoms with van der Waals surface area (Å²) in [6.45, 7) is 1.17. The Bertz CT molecular complexity index is 201. The molecule has 0 saturated heterocycles. The lowest BCUT2D eigenvalue weighted by atomic mass is 9.89. The van der Waals surface area contributed by atoms with Crippen molar-refractivity contribution in [2.45, 2.75) is 43.7 Å². The van der Waals surface area contributed by atoms with Gasteiger partial charge >= 0.3 is 0 Å². The van der Waals surface area contributed by atoms with Crippen LogP contribution in [0.3, 0.4) is 0 Å². The Morgan fingerprint density at radius 2 is 2.00 bits per heavy atom. The van der Waals surface area contributed by atoms with Crippen LogP contribution in [-0.4, -0.2) is 41.8 Å². The third kappa shape index (κ3) is 1.95. The summed E-state index contributed by atoms with van der Waals surface area (Å²) in [6.07, 6.45) is 6.25. The SMILES string of the molecule is CN(CC(O)(CN)C1CC1)C1CCC1. The minimum Gasteiger partial charge on any atom is -0.387 e. The summed E-state index contributed by atoms with van der Waals surface area (Å²) < 4.78 is 0. The number of rotatable bonds is 5. The van der Waals surface area contributed by atoms with Crippen molar-refractivity contribution in [3.63, 3.8) is 0 Å². The Kier molecular flexibility index (Phi) is 2.82. The zero-order chi connectivity index (χ0) is 10.2. The average molecular weight is 198 g/mol. The van der Waals surface area contributed by atoms with Crippen molar-refractivity contribution in [2.24, 2.45) is 11.7 Å². The molecule has 0 radical (unpaired) electrons. The molecular weight excluding hydrogens is 176 g/mol. The summed E-state index contributed by atoms with van der Waals surface area (Å²) in [6, 6.07) is 0.701. The van der Waals surface area contributed by atoms with Gasteiger partial charge in [0, 0.05) is 19.1 Å². The van der Waals surface area contributed by atoms with E-state index in [2.05, 4.69) is 11.9 Å². The highest BCUT2D eigenvalue weighted by Gasteiger charge is 2.44. The molecule has 2 saturated carbocycles. The van der Waals surface area contributed by atoms with Gasteiger partial charge in [-0.15, -0.1) is 0 Å². The molecule has 3 heteroatoms. The van der Waals surface area contributed by atoms with Crippen LogP contribution >= 0.6 is 0 Å². The van der Waals surface area contributed by atoms with E-state index in [1.807, 2.05) is 0 Å². The minimum atomic E-state index is -0.607. The van der Waals surface area contributed by atoms with Gasteiger partial charge in [-0.3, -0.25) is 0 Å². The average Bonchev–Trinajstić information content (AvgIpc) is 2.82. The molecule has 2 aliphatic rings. The van der Waals surface area contributed by atoms with E-state index in [1.165, 1.54) is 19.3 Å². The molecule has 14 heavy (non-hydrogen) atoms. The van der Waals surface area contributed by atoms with Crippen LogP contribution < -0.4 is 5.73 Å². The number of nitrogens with two attached hydrogens (primary N) is 1. The van der Waals surface area contributed by atoms with E-state index in [9.17, 15) is 5.11 Å². The molecule has 0 aliphatic heterocycles. The molecule has 0 bridgehead atoms. The lowest BCUT2D eigenvalue weighted by molar-refractivity contribution is -0.0207. The van der Waals surface area contributed by atoms with Crippen molar-refractivity contribution in [1.82, 2.24) is 4.90 Å². The zero-order valence-electron chi connectivity index (χ0n) is 9.08. The van der Waals surface area contributed by atoms with Crippen LogP contribution in [0.2, 0.25) is 0 Å². The van der Waals surface area contributed by atoms with Crippen LogP contribution in [0.5, 0.6) is 0 Å². The highest BCUT2D eigenvalue weighted by molar-refractivity contribution is 4.98. The van der Waals surface area contributed by atoms with Gasteiger partial charge in [-0.25, -0.2) is 0 Å². The first-order chi connectivity index (χ1) is 6.65. The van der Waals surface area contributed by atoms with E-state index in [-0.39, 0.29) is 0 Å². The Labute approximate surface area is 86.3 Å². The fourth-order valence-electron chi connectivity index (χ4n) is 2.37. The second kappa shape index (κ2) is 3.80. The monoisotopic (exact) mass is 198 g/mol. The van der Waals surface area contributed by atoms with Crippen molar-refractivity contribution in [3.05, 3.63) is 0 Å². The van der Waals surface area contributed by atoms with Gasteiger partial charge in [-0.2, -0.15) is 0 Å². The molecule has 0 aromatic carbocycles. The second-order valence-corrected chi connectivity index (χ2v) is 5.08. The standard InChI is InChI=1S/C11H22N2O/c1-13(10-3-2-4-10)8-11(14,7-12)9-5-6-9/h9-10,14H,2-8,12H2,1H3. The first kappa shape index (κ1) is 10.4. The third-order valence-electron chi connectivity index (χ3n) is 3.91. The van der Waals surface area contributed by atoms with Gasteiger partial charge in [0.05, 0.1) is 5.60 Å². The van der Waals surface area contributed by atoms with E-state index in [1.54, 1.807) is 0 Å². The van der Waals surface area contributed by atoms with Gasteiger partial charge < -0.3 is 15.7 Å². The fourth-order valence-corrected chi connectivity index (χ4v) is 2.37. The minimum absolute atomic E-state index is 0.411. The maximum atomic E-state index is 10.3. The Morgan fingerprint density at radius 3 is 2.36 bits per heavy atom. The topological polar surface area (TPSA) is 49.5 Å². The van der Waals surface area contributed by atoms with Gasteiger partial charge in [0.2, 0.25) is 0 Å². The van der Waals surface area contributed by atoms with Gasteiger partial charge in [-0.05, 0) is 38.6 Å². The molecule has 2 fully saturated rings. The van der Waals surface area contributed by atoms with E-state index < -0.39 is 5.60 Å². The molecule has 0 amide bonds. The maximum absolute atomic E-state index is 10.3. The molecule has 0 aromatic heterocycles. The van der Waals surface area contributed by atoms with E-state index in [4.69, 9.17) is 5.73 Å². The van der Waals surface area contributed by atoms with Crippen molar-refractivity contribution in [3.8, 4) is 0 Å². The second-order valence-electron chi connectivity index (χ2n) is 5.08. The zero-order valence-corrected chi connectivity index (χ0v) is 9.08. The normalized spacial score (nSPS) is 27.4. The lowest BCUT2D eigenvalue weighted by Gasteiger charge is -2.40. The van der Waals surface area contributed by atoms with Crippen molar-refractivity contribution < 1.29 is 5.11 Å². The van der Waals surface area contributed by atoms with Crippen molar-refractivity contribution in [2.75, 3.05) is 20.1 Å². The molecule has 0 aromatic rings. The number of likely N-dealkylation sites (N-methyl/N-ethyl adjacent to an activating group) is 1. The molecule has 0 spiro atoms. The predicted molar refractivity (Wildman–Crippen MR) is 57.0 cm³/mol. The van der Waals surface area contributed by atoms with Crippen LogP contribution in [0.1, 0.15) is 32.1 Å². The van der Waals surface area contributed by atoms with Gasteiger partial charge in [0.25, 0.3) is 0 Å². The predicted octanol–water partition coefficient (Wildman–Crippen LogP) is 0.570. The summed E-state index contributed by atoms with van der Waals surface area (Å²) in [4.78, 5) is 2.30. The molecular formula is C11H22N2O. The summed E-state index contributed by atoms with van der Waals surface area (Å²) >= 11 is 0. The summed E-state index contributed by atoms with van der Waals surface area (Å²) in [5, 5.41) is 10.3. The quantitative estimate of drug-likeness (QED) is 0.679. The third-order valence-corrected chi connectivity index (χ3v) is 3.91. The fraction of sp³-hybridized carbons (Fsp3) is 1.00.